The third-order valence-corrected chi connectivity index (χ3v) is 4.66. The smallest absolute Gasteiger partial charge is 0.228 e. The van der Waals surface area contributed by atoms with Crippen LogP contribution in [0.3, 0.4) is 0 Å². The molecule has 3 aromatic carbocycles. The standard InChI is InChI=1S/C21H14Cl2N2O/c1-13-6-9-20-19(10-13)25-21(26-20)16-11-15(7-8-18(16)23)24-12-14-4-2-3-5-17(14)22/h2-12H,1H3. The molecule has 3 nitrogen and oxygen atoms in total. The van der Waals surface area contributed by atoms with Gasteiger partial charge in [-0.2, -0.15) is 0 Å². The van der Waals surface area contributed by atoms with Crippen LogP contribution < -0.4 is 0 Å². The number of nitrogens with zero attached hydrogens (tertiary/aromatic N) is 2. The van der Waals surface area contributed by atoms with Gasteiger partial charge >= 0.3 is 0 Å². The Hall–Kier alpha value is -2.62. The van der Waals surface area contributed by atoms with Crippen LogP contribution in [0, 0.1) is 6.92 Å². The van der Waals surface area contributed by atoms with Gasteiger partial charge in [0.2, 0.25) is 5.89 Å². The molecule has 0 spiro atoms. The first kappa shape index (κ1) is 16.8. The number of halogens is 2. The molecule has 0 saturated heterocycles. The third kappa shape index (κ3) is 3.36. The van der Waals surface area contributed by atoms with Crippen LogP contribution in [-0.2, 0) is 0 Å². The molecule has 4 aromatic rings. The van der Waals surface area contributed by atoms with E-state index in [2.05, 4.69) is 9.98 Å². The van der Waals surface area contributed by atoms with E-state index in [1.807, 2.05) is 61.5 Å². The summed E-state index contributed by atoms with van der Waals surface area (Å²) in [6.45, 7) is 2.02. The van der Waals surface area contributed by atoms with Crippen LogP contribution in [0.1, 0.15) is 11.1 Å². The van der Waals surface area contributed by atoms with Gasteiger partial charge in [0.05, 0.1) is 16.3 Å². The van der Waals surface area contributed by atoms with E-state index in [-0.39, 0.29) is 0 Å². The minimum atomic E-state index is 0.477. The van der Waals surface area contributed by atoms with E-state index in [9.17, 15) is 0 Å². The molecule has 0 radical (unpaired) electrons. The lowest BCUT2D eigenvalue weighted by molar-refractivity contribution is 0.620. The van der Waals surface area contributed by atoms with Gasteiger partial charge in [0.1, 0.15) is 5.52 Å². The Morgan fingerprint density at radius 2 is 1.81 bits per heavy atom. The molecule has 0 unspecified atom stereocenters. The molecular formula is C21H14Cl2N2O. The fourth-order valence-electron chi connectivity index (χ4n) is 2.63. The van der Waals surface area contributed by atoms with Gasteiger partial charge < -0.3 is 4.42 Å². The molecule has 0 aliphatic carbocycles. The summed E-state index contributed by atoms with van der Waals surface area (Å²) in [7, 11) is 0. The fraction of sp³-hybridized carbons (Fsp3) is 0.0476. The zero-order valence-electron chi connectivity index (χ0n) is 13.9. The molecule has 0 atom stereocenters. The molecule has 5 heteroatoms. The van der Waals surface area contributed by atoms with E-state index in [0.29, 0.717) is 21.5 Å². The van der Waals surface area contributed by atoms with Gasteiger partial charge in [-0.25, -0.2) is 4.98 Å². The monoisotopic (exact) mass is 380 g/mol. The maximum atomic E-state index is 6.36. The SMILES string of the molecule is Cc1ccc2oc(-c3cc(N=Cc4ccccc4Cl)ccc3Cl)nc2c1. The molecule has 26 heavy (non-hydrogen) atoms. The van der Waals surface area contributed by atoms with Crippen molar-refractivity contribution in [1.29, 1.82) is 0 Å². The van der Waals surface area contributed by atoms with Crippen LogP contribution in [0.2, 0.25) is 10.0 Å². The topological polar surface area (TPSA) is 38.4 Å². The Kier molecular flexibility index (Phi) is 4.49. The van der Waals surface area contributed by atoms with Gasteiger partial charge in [0, 0.05) is 16.8 Å². The summed E-state index contributed by atoms with van der Waals surface area (Å²) in [5, 5.41) is 1.21. The summed E-state index contributed by atoms with van der Waals surface area (Å²) in [6, 6.07) is 18.9. The van der Waals surface area contributed by atoms with Crippen LogP contribution >= 0.6 is 23.2 Å². The van der Waals surface area contributed by atoms with Gasteiger partial charge in [-0.15, -0.1) is 0 Å². The highest BCUT2D eigenvalue weighted by molar-refractivity contribution is 6.33. The van der Waals surface area contributed by atoms with Crippen LogP contribution in [0.25, 0.3) is 22.6 Å². The maximum absolute atomic E-state index is 6.36. The average Bonchev–Trinajstić information content (AvgIpc) is 3.05. The van der Waals surface area contributed by atoms with Crippen molar-refractivity contribution in [1.82, 2.24) is 4.98 Å². The fourth-order valence-corrected chi connectivity index (χ4v) is 3.02. The predicted molar refractivity (Wildman–Crippen MR) is 108 cm³/mol. The normalized spacial score (nSPS) is 11.5. The van der Waals surface area contributed by atoms with Crippen LogP contribution in [0.15, 0.2) is 70.1 Å². The summed E-state index contributed by atoms with van der Waals surface area (Å²) >= 11 is 12.5. The summed E-state index contributed by atoms with van der Waals surface area (Å²) in [5.74, 6) is 0.477. The zero-order valence-corrected chi connectivity index (χ0v) is 15.4. The highest BCUT2D eigenvalue weighted by Gasteiger charge is 2.12. The first-order chi connectivity index (χ1) is 12.6. The highest BCUT2D eigenvalue weighted by Crippen LogP contribution is 2.33. The molecular weight excluding hydrogens is 367 g/mol. The Morgan fingerprint density at radius 1 is 0.962 bits per heavy atom. The molecule has 1 aromatic heterocycles. The van der Waals surface area contributed by atoms with Crippen molar-refractivity contribution in [2.75, 3.05) is 0 Å². The van der Waals surface area contributed by atoms with Crippen molar-refractivity contribution in [3.8, 4) is 11.5 Å². The molecule has 0 N–H and O–H groups in total. The molecule has 4 rings (SSSR count). The van der Waals surface area contributed by atoms with Crippen molar-refractivity contribution < 1.29 is 4.42 Å². The quantitative estimate of drug-likeness (QED) is 0.364. The summed E-state index contributed by atoms with van der Waals surface area (Å²) in [4.78, 5) is 9.05. The maximum Gasteiger partial charge on any atom is 0.228 e. The van der Waals surface area contributed by atoms with Crippen LogP contribution in [-0.4, -0.2) is 11.2 Å². The van der Waals surface area contributed by atoms with Gasteiger partial charge in [-0.05, 0) is 48.9 Å². The third-order valence-electron chi connectivity index (χ3n) is 3.98. The second-order valence-electron chi connectivity index (χ2n) is 5.93. The number of aromatic nitrogens is 1. The number of hydrogen-bond donors (Lipinski definition) is 0. The van der Waals surface area contributed by atoms with Crippen molar-refractivity contribution in [2.24, 2.45) is 4.99 Å². The minimum Gasteiger partial charge on any atom is -0.436 e. The van der Waals surface area contributed by atoms with E-state index in [0.717, 1.165) is 27.9 Å². The van der Waals surface area contributed by atoms with E-state index in [1.165, 1.54) is 0 Å². The number of hydrogen-bond acceptors (Lipinski definition) is 3. The molecule has 0 aliphatic heterocycles. The first-order valence-electron chi connectivity index (χ1n) is 8.06. The summed E-state index contributed by atoms with van der Waals surface area (Å²) in [6.07, 6.45) is 1.73. The van der Waals surface area contributed by atoms with Gasteiger partial charge in [0.15, 0.2) is 5.58 Å². The number of benzene rings is 3. The second kappa shape index (κ2) is 6.94. The number of fused-ring (bicyclic) bond motifs is 1. The molecule has 0 aliphatic rings. The molecule has 0 fully saturated rings. The number of aryl methyl sites for hydroxylation is 1. The van der Waals surface area contributed by atoms with E-state index in [1.54, 1.807) is 12.3 Å². The van der Waals surface area contributed by atoms with Gasteiger partial charge in [0.25, 0.3) is 0 Å². The first-order valence-corrected chi connectivity index (χ1v) is 8.81. The van der Waals surface area contributed by atoms with Crippen LogP contribution in [0.5, 0.6) is 0 Å². The lowest BCUT2D eigenvalue weighted by Gasteiger charge is -2.02. The molecule has 0 bridgehead atoms. The number of rotatable bonds is 3. The van der Waals surface area contributed by atoms with Gasteiger partial charge in [-0.1, -0.05) is 47.5 Å². The van der Waals surface area contributed by atoms with Crippen LogP contribution in [0.4, 0.5) is 5.69 Å². The summed E-state index contributed by atoms with van der Waals surface area (Å²) in [5.41, 5.74) is 4.95. The van der Waals surface area contributed by atoms with E-state index >= 15 is 0 Å². The van der Waals surface area contributed by atoms with Crippen molar-refractivity contribution in [3.05, 3.63) is 81.8 Å². The van der Waals surface area contributed by atoms with Crippen molar-refractivity contribution >= 4 is 46.2 Å². The molecule has 1 heterocycles. The summed E-state index contributed by atoms with van der Waals surface area (Å²) < 4.78 is 5.86. The van der Waals surface area contributed by atoms with Crippen molar-refractivity contribution in [2.45, 2.75) is 6.92 Å². The average molecular weight is 381 g/mol. The largest absolute Gasteiger partial charge is 0.436 e. The molecule has 0 saturated carbocycles. The Labute approximate surface area is 160 Å². The van der Waals surface area contributed by atoms with E-state index < -0.39 is 0 Å². The Balaban J connectivity index is 1.73. The number of oxazole rings is 1. The zero-order chi connectivity index (χ0) is 18.1. The Morgan fingerprint density at radius 3 is 2.65 bits per heavy atom. The minimum absolute atomic E-state index is 0.477. The highest BCUT2D eigenvalue weighted by atomic mass is 35.5. The number of aliphatic imine (C=N–C) groups is 1. The molecule has 0 amide bonds. The van der Waals surface area contributed by atoms with Crippen molar-refractivity contribution in [3.63, 3.8) is 0 Å². The van der Waals surface area contributed by atoms with E-state index in [4.69, 9.17) is 27.6 Å². The second-order valence-corrected chi connectivity index (χ2v) is 6.75. The predicted octanol–water partition coefficient (Wildman–Crippen LogP) is 6.86. The Bertz CT molecular complexity index is 1130. The lowest BCUT2D eigenvalue weighted by atomic mass is 10.2. The molecule has 128 valence electrons. The van der Waals surface area contributed by atoms with Gasteiger partial charge in [-0.3, -0.25) is 4.99 Å². The lowest BCUT2D eigenvalue weighted by Crippen LogP contribution is -1.83.